The molecular weight excluding hydrogens is 488 g/mol. The molecule has 0 atom stereocenters. The Balaban J connectivity index is 0.000000171. The summed E-state index contributed by atoms with van der Waals surface area (Å²) in [6.45, 7) is 4.50. The van der Waals surface area contributed by atoms with Crippen molar-refractivity contribution in [2.75, 3.05) is 0 Å². The quantitative estimate of drug-likeness (QED) is 0.213. The van der Waals surface area contributed by atoms with Crippen molar-refractivity contribution in [2.24, 2.45) is 0 Å². The smallest absolute Gasteiger partial charge is 0.175 e. The van der Waals surface area contributed by atoms with Gasteiger partial charge in [-0.2, -0.15) is 11.6 Å². The predicted molar refractivity (Wildman–Crippen MR) is 139 cm³/mol. The number of hydrogen-bond acceptors (Lipinski definition) is 0. The van der Waals surface area contributed by atoms with Crippen LogP contribution in [0.4, 0.5) is 0 Å². The van der Waals surface area contributed by atoms with Gasteiger partial charge in [0.1, 0.15) is 0 Å². The van der Waals surface area contributed by atoms with Gasteiger partial charge in [-0.3, -0.25) is 0 Å². The number of fused-ring (bicyclic) bond motifs is 3. The van der Waals surface area contributed by atoms with E-state index in [0.29, 0.717) is 5.92 Å². The maximum atomic E-state index is 3.72. The third-order valence-corrected chi connectivity index (χ3v) is 6.60. The standard InChI is InChI=1S/C20H17.C13H11.Zr/c1-13-14(2)20-17(11-16-9-5-6-10-18(16)20)12-19(13)15-7-3-4-8-15;1-3-7-12(8-4-1)11-13-9-5-2-6-10-13;/h3-10,15H,11H2,1-2H3;1-11H;/q2*-1;+2. The van der Waals surface area contributed by atoms with Gasteiger partial charge in [0.2, 0.25) is 0 Å². The van der Waals surface area contributed by atoms with Crippen LogP contribution < -0.4 is 0 Å². The summed E-state index contributed by atoms with van der Waals surface area (Å²) < 4.78 is 0. The van der Waals surface area contributed by atoms with E-state index in [1.165, 1.54) is 50.1 Å². The zero-order valence-corrected chi connectivity index (χ0v) is 22.2. The van der Waals surface area contributed by atoms with Gasteiger partial charge in [0.15, 0.2) is 0 Å². The minimum Gasteiger partial charge on any atom is -0.175 e. The first kappa shape index (κ1) is 24.2. The van der Waals surface area contributed by atoms with Crippen LogP contribution in [0.3, 0.4) is 0 Å². The van der Waals surface area contributed by atoms with Gasteiger partial charge in [-0.25, -0.2) is 0 Å². The van der Waals surface area contributed by atoms with E-state index >= 15 is 0 Å². The van der Waals surface area contributed by atoms with Gasteiger partial charge >= 0.3 is 26.2 Å². The van der Waals surface area contributed by atoms with Crippen LogP contribution in [0.15, 0.2) is 109 Å². The molecule has 0 spiro atoms. The summed E-state index contributed by atoms with van der Waals surface area (Å²) >= 11 is 0. The summed E-state index contributed by atoms with van der Waals surface area (Å²) in [7, 11) is 0. The molecule has 4 aromatic rings. The van der Waals surface area contributed by atoms with Crippen molar-refractivity contribution in [2.45, 2.75) is 26.2 Å². The van der Waals surface area contributed by atoms with Crippen molar-refractivity contribution in [1.82, 2.24) is 0 Å². The summed E-state index contributed by atoms with van der Waals surface area (Å²) in [4.78, 5) is 0. The molecule has 2 aliphatic carbocycles. The molecule has 0 amide bonds. The fourth-order valence-electron chi connectivity index (χ4n) is 4.79. The molecule has 4 aromatic carbocycles. The van der Waals surface area contributed by atoms with Crippen LogP contribution in [0.1, 0.15) is 44.9 Å². The molecule has 0 saturated heterocycles. The van der Waals surface area contributed by atoms with Crippen LogP contribution >= 0.6 is 0 Å². The van der Waals surface area contributed by atoms with Gasteiger partial charge < -0.3 is 0 Å². The van der Waals surface area contributed by atoms with Gasteiger partial charge in [-0.15, -0.1) is 64.1 Å². The Bertz CT molecular complexity index is 1260. The van der Waals surface area contributed by atoms with E-state index in [2.05, 4.69) is 123 Å². The van der Waals surface area contributed by atoms with Crippen LogP contribution in [-0.4, -0.2) is 0 Å². The first-order valence-electron chi connectivity index (χ1n) is 11.6. The van der Waals surface area contributed by atoms with Crippen LogP contribution in [-0.2, 0) is 32.6 Å². The summed E-state index contributed by atoms with van der Waals surface area (Å²) in [5.41, 5.74) is 12.3. The number of benzene rings is 4. The van der Waals surface area contributed by atoms with Crippen molar-refractivity contribution >= 4 is 0 Å². The monoisotopic (exact) mass is 514 g/mol. The molecule has 0 saturated carbocycles. The topological polar surface area (TPSA) is 0 Å². The molecule has 0 N–H and O–H groups in total. The summed E-state index contributed by atoms with van der Waals surface area (Å²) in [5.74, 6) is 0.405. The van der Waals surface area contributed by atoms with E-state index in [9.17, 15) is 0 Å². The third-order valence-electron chi connectivity index (χ3n) is 6.60. The molecule has 1 heteroatoms. The number of rotatable bonds is 3. The van der Waals surface area contributed by atoms with Crippen molar-refractivity contribution < 1.29 is 26.2 Å². The van der Waals surface area contributed by atoms with Crippen LogP contribution in [0.5, 0.6) is 0 Å². The SMILES string of the molecule is Cc1c(C2C=CC=C2)[c-]c2c(c1C)-c1ccccc1C2.[Zr+2].c1ccc([CH-]c2ccccc2)cc1. The molecule has 0 unspecified atom stereocenters. The van der Waals surface area contributed by atoms with Crippen LogP contribution in [0.2, 0.25) is 0 Å². The molecule has 0 radical (unpaired) electrons. The molecule has 0 nitrogen and oxygen atoms in total. The Hall–Kier alpha value is -2.89. The Morgan fingerprint density at radius 3 is 1.88 bits per heavy atom. The van der Waals surface area contributed by atoms with Crippen molar-refractivity contribution in [3.8, 4) is 11.1 Å². The zero-order valence-electron chi connectivity index (χ0n) is 19.8. The van der Waals surface area contributed by atoms with Gasteiger partial charge in [0.05, 0.1) is 0 Å². The van der Waals surface area contributed by atoms with Gasteiger partial charge in [0, 0.05) is 0 Å². The van der Waals surface area contributed by atoms with Crippen LogP contribution in [0, 0.1) is 26.3 Å². The normalized spacial score (nSPS) is 12.9. The largest absolute Gasteiger partial charge is 2.00 e. The number of hydrogen-bond donors (Lipinski definition) is 0. The molecule has 0 aromatic heterocycles. The molecule has 2 aliphatic rings. The fraction of sp³-hybridized carbons (Fsp3) is 0.121. The van der Waals surface area contributed by atoms with E-state index in [4.69, 9.17) is 0 Å². The average molecular weight is 516 g/mol. The maximum absolute atomic E-state index is 3.72. The average Bonchev–Trinajstić information content (AvgIpc) is 3.51. The van der Waals surface area contributed by atoms with Crippen molar-refractivity contribution in [1.29, 1.82) is 0 Å². The molecular formula is C33H28Zr. The Labute approximate surface area is 223 Å². The molecule has 164 valence electrons. The molecule has 34 heavy (non-hydrogen) atoms. The minimum absolute atomic E-state index is 0. The predicted octanol–water partition coefficient (Wildman–Crippen LogP) is 8.17. The van der Waals surface area contributed by atoms with Gasteiger partial charge in [-0.1, -0.05) is 110 Å². The molecule has 0 aliphatic heterocycles. The van der Waals surface area contributed by atoms with Gasteiger partial charge in [-0.05, 0) is 12.3 Å². The summed E-state index contributed by atoms with van der Waals surface area (Å²) in [6.07, 6.45) is 12.0. The van der Waals surface area contributed by atoms with Crippen molar-refractivity contribution in [3.63, 3.8) is 0 Å². The Morgan fingerprint density at radius 1 is 0.706 bits per heavy atom. The fourth-order valence-corrected chi connectivity index (χ4v) is 4.79. The second-order valence-corrected chi connectivity index (χ2v) is 8.74. The van der Waals surface area contributed by atoms with E-state index in [-0.39, 0.29) is 26.2 Å². The van der Waals surface area contributed by atoms with Gasteiger partial charge in [0.25, 0.3) is 0 Å². The summed E-state index contributed by atoms with van der Waals surface area (Å²) in [6, 6.07) is 33.2. The van der Waals surface area contributed by atoms with Crippen LogP contribution in [0.25, 0.3) is 11.1 Å². The number of allylic oxidation sites excluding steroid dienone is 4. The second-order valence-electron chi connectivity index (χ2n) is 8.74. The molecule has 0 fully saturated rings. The first-order chi connectivity index (χ1) is 16.2. The van der Waals surface area contributed by atoms with E-state index in [1.54, 1.807) is 0 Å². The molecule has 6 rings (SSSR count). The third kappa shape index (κ3) is 5.11. The molecule has 0 heterocycles. The Morgan fingerprint density at radius 2 is 1.26 bits per heavy atom. The zero-order chi connectivity index (χ0) is 22.6. The van der Waals surface area contributed by atoms with E-state index in [1.807, 2.05) is 12.1 Å². The summed E-state index contributed by atoms with van der Waals surface area (Å²) in [5, 5.41) is 0. The Kier molecular flexibility index (Phi) is 7.86. The molecule has 0 bridgehead atoms. The second kappa shape index (κ2) is 11.0. The minimum atomic E-state index is 0. The maximum Gasteiger partial charge on any atom is 2.00 e. The van der Waals surface area contributed by atoms with E-state index in [0.717, 1.165) is 6.42 Å². The van der Waals surface area contributed by atoms with Crippen molar-refractivity contribution in [3.05, 3.63) is 161 Å². The van der Waals surface area contributed by atoms with E-state index < -0.39 is 0 Å². The first-order valence-corrected chi connectivity index (χ1v) is 11.6.